The second-order valence-corrected chi connectivity index (χ2v) is 5.93. The van der Waals surface area contributed by atoms with Crippen LogP contribution in [0.3, 0.4) is 0 Å². The van der Waals surface area contributed by atoms with Crippen molar-refractivity contribution in [2.75, 3.05) is 13.1 Å². The molecule has 0 spiro atoms. The molecular formula is C17H19NO2. The first-order chi connectivity index (χ1) is 9.65. The molecule has 0 amide bonds. The van der Waals surface area contributed by atoms with Crippen molar-refractivity contribution in [2.24, 2.45) is 0 Å². The molecule has 1 aliphatic rings. The van der Waals surface area contributed by atoms with Gasteiger partial charge in [-0.2, -0.15) is 0 Å². The molecule has 1 fully saturated rings. The Morgan fingerprint density at radius 1 is 1.00 bits per heavy atom. The van der Waals surface area contributed by atoms with Gasteiger partial charge in [-0.05, 0) is 45.9 Å². The van der Waals surface area contributed by atoms with Crippen molar-refractivity contribution in [1.82, 2.24) is 5.32 Å². The molecule has 0 bridgehead atoms. The van der Waals surface area contributed by atoms with Crippen molar-refractivity contribution in [3.63, 3.8) is 0 Å². The predicted molar refractivity (Wildman–Crippen MR) is 80.4 cm³/mol. The van der Waals surface area contributed by atoms with E-state index in [4.69, 9.17) is 8.83 Å². The summed E-state index contributed by atoms with van der Waals surface area (Å²) >= 11 is 0. The highest BCUT2D eigenvalue weighted by molar-refractivity contribution is 6.02. The van der Waals surface area contributed by atoms with Crippen LogP contribution in [-0.2, 0) is 0 Å². The zero-order chi connectivity index (χ0) is 13.9. The molecule has 2 aromatic heterocycles. The van der Waals surface area contributed by atoms with E-state index in [0.717, 1.165) is 42.2 Å². The van der Waals surface area contributed by atoms with Crippen LogP contribution in [-0.4, -0.2) is 13.1 Å². The minimum absolute atomic E-state index is 0.517. The first kappa shape index (κ1) is 12.0. The molecule has 3 heterocycles. The summed E-state index contributed by atoms with van der Waals surface area (Å²) in [7, 11) is 0. The monoisotopic (exact) mass is 269 g/mol. The number of hydrogen-bond acceptors (Lipinski definition) is 3. The first-order valence-electron chi connectivity index (χ1n) is 7.28. The number of fused-ring (bicyclic) bond motifs is 2. The average Bonchev–Trinajstić information content (AvgIpc) is 3.09. The Labute approximate surface area is 117 Å². The molecule has 104 valence electrons. The second kappa shape index (κ2) is 4.13. The summed E-state index contributed by atoms with van der Waals surface area (Å²) in [6.07, 6.45) is 1.16. The molecule has 0 saturated carbocycles. The van der Waals surface area contributed by atoms with Crippen molar-refractivity contribution in [1.29, 1.82) is 0 Å². The molecule has 3 heteroatoms. The maximum absolute atomic E-state index is 6.04. The van der Waals surface area contributed by atoms with E-state index >= 15 is 0 Å². The summed E-state index contributed by atoms with van der Waals surface area (Å²) in [5.41, 5.74) is 4.60. The van der Waals surface area contributed by atoms with Crippen LogP contribution in [0.15, 0.2) is 21.0 Å². The zero-order valence-electron chi connectivity index (χ0n) is 12.2. The lowest BCUT2D eigenvalue weighted by Crippen LogP contribution is -2.08. The Balaban J connectivity index is 2.16. The lowest BCUT2D eigenvalue weighted by molar-refractivity contribution is 0.568. The van der Waals surface area contributed by atoms with Crippen LogP contribution in [0.4, 0.5) is 0 Å². The number of rotatable bonds is 1. The van der Waals surface area contributed by atoms with Gasteiger partial charge in [-0.15, -0.1) is 0 Å². The SMILES string of the molecule is Cc1cc2c(C3CCNC3)c3oc(C)cc3c(C)c2o1. The fraction of sp³-hybridized carbons (Fsp3) is 0.412. The van der Waals surface area contributed by atoms with Crippen LogP contribution in [0, 0.1) is 20.8 Å². The summed E-state index contributed by atoms with van der Waals surface area (Å²) in [5.74, 6) is 2.46. The van der Waals surface area contributed by atoms with E-state index in [1.165, 1.54) is 21.9 Å². The Morgan fingerprint density at radius 3 is 2.40 bits per heavy atom. The van der Waals surface area contributed by atoms with Gasteiger partial charge >= 0.3 is 0 Å². The number of aryl methyl sites for hydroxylation is 3. The molecule has 1 N–H and O–H groups in total. The number of furan rings is 2. The van der Waals surface area contributed by atoms with E-state index in [-0.39, 0.29) is 0 Å². The van der Waals surface area contributed by atoms with Crippen LogP contribution in [0.2, 0.25) is 0 Å². The third-order valence-electron chi connectivity index (χ3n) is 4.46. The summed E-state index contributed by atoms with van der Waals surface area (Å²) in [6.45, 7) is 8.26. The van der Waals surface area contributed by atoms with E-state index in [1.807, 2.05) is 13.8 Å². The molecule has 1 aliphatic heterocycles. The lowest BCUT2D eigenvalue weighted by atomic mass is 9.91. The Kier molecular flexibility index (Phi) is 2.48. The van der Waals surface area contributed by atoms with Crippen molar-refractivity contribution < 1.29 is 8.83 Å². The minimum atomic E-state index is 0.517. The Morgan fingerprint density at radius 2 is 1.70 bits per heavy atom. The standard InChI is InChI=1S/C17H19NO2/c1-9-6-13-11(3)16-14(7-10(2)19-16)15(17(13)20-9)12-4-5-18-8-12/h6-7,12,18H,4-5,8H2,1-3H3. The highest BCUT2D eigenvalue weighted by atomic mass is 16.3. The van der Waals surface area contributed by atoms with E-state index in [9.17, 15) is 0 Å². The van der Waals surface area contributed by atoms with Crippen LogP contribution >= 0.6 is 0 Å². The zero-order valence-corrected chi connectivity index (χ0v) is 12.2. The highest BCUT2D eigenvalue weighted by Crippen LogP contribution is 2.41. The lowest BCUT2D eigenvalue weighted by Gasteiger charge is -2.12. The Hall–Kier alpha value is -1.74. The van der Waals surface area contributed by atoms with Crippen molar-refractivity contribution in [3.8, 4) is 0 Å². The molecule has 1 aromatic carbocycles. The first-order valence-corrected chi connectivity index (χ1v) is 7.28. The second-order valence-electron chi connectivity index (χ2n) is 5.93. The van der Waals surface area contributed by atoms with Gasteiger partial charge in [0.2, 0.25) is 0 Å². The maximum atomic E-state index is 6.04. The topological polar surface area (TPSA) is 38.3 Å². The molecule has 3 aromatic rings. The summed E-state index contributed by atoms with van der Waals surface area (Å²) in [6, 6.07) is 4.29. The molecule has 1 unspecified atom stereocenters. The average molecular weight is 269 g/mol. The summed E-state index contributed by atoms with van der Waals surface area (Å²) in [4.78, 5) is 0. The molecule has 20 heavy (non-hydrogen) atoms. The third-order valence-corrected chi connectivity index (χ3v) is 4.46. The third kappa shape index (κ3) is 1.56. The van der Waals surface area contributed by atoms with Crippen molar-refractivity contribution >= 4 is 21.9 Å². The van der Waals surface area contributed by atoms with Gasteiger partial charge in [0, 0.05) is 34.4 Å². The van der Waals surface area contributed by atoms with Crippen LogP contribution < -0.4 is 5.32 Å². The fourth-order valence-electron chi connectivity index (χ4n) is 3.54. The van der Waals surface area contributed by atoms with Gasteiger partial charge in [-0.3, -0.25) is 0 Å². The van der Waals surface area contributed by atoms with Crippen molar-refractivity contribution in [2.45, 2.75) is 33.1 Å². The normalized spacial score (nSPS) is 19.4. The number of hydrogen-bond donors (Lipinski definition) is 1. The summed E-state index contributed by atoms with van der Waals surface area (Å²) < 4.78 is 12.0. The Bertz CT molecular complexity index is 746. The highest BCUT2D eigenvalue weighted by Gasteiger charge is 2.26. The quantitative estimate of drug-likeness (QED) is 0.720. The largest absolute Gasteiger partial charge is 0.461 e. The molecule has 0 aliphatic carbocycles. The molecular weight excluding hydrogens is 250 g/mol. The molecule has 0 radical (unpaired) electrons. The van der Waals surface area contributed by atoms with E-state index in [1.54, 1.807) is 0 Å². The molecule has 4 rings (SSSR count). The fourth-order valence-corrected chi connectivity index (χ4v) is 3.54. The minimum Gasteiger partial charge on any atom is -0.461 e. The van der Waals surface area contributed by atoms with Gasteiger partial charge < -0.3 is 14.2 Å². The maximum Gasteiger partial charge on any atom is 0.138 e. The van der Waals surface area contributed by atoms with Gasteiger partial charge in [0.05, 0.1) is 0 Å². The van der Waals surface area contributed by atoms with Gasteiger partial charge in [0.25, 0.3) is 0 Å². The van der Waals surface area contributed by atoms with Crippen molar-refractivity contribution in [3.05, 3.63) is 34.8 Å². The van der Waals surface area contributed by atoms with Gasteiger partial charge in [0.1, 0.15) is 22.7 Å². The molecule has 3 nitrogen and oxygen atoms in total. The molecule has 1 atom stereocenters. The van der Waals surface area contributed by atoms with Gasteiger partial charge in [0.15, 0.2) is 0 Å². The van der Waals surface area contributed by atoms with Gasteiger partial charge in [-0.25, -0.2) is 0 Å². The van der Waals surface area contributed by atoms with E-state index in [0.29, 0.717) is 5.92 Å². The van der Waals surface area contributed by atoms with E-state index in [2.05, 4.69) is 24.4 Å². The predicted octanol–water partition coefficient (Wildman–Crippen LogP) is 4.18. The summed E-state index contributed by atoms with van der Waals surface area (Å²) in [5, 5.41) is 5.89. The van der Waals surface area contributed by atoms with Crippen LogP contribution in [0.1, 0.15) is 35.0 Å². The molecule has 1 saturated heterocycles. The number of nitrogens with one attached hydrogen (secondary N) is 1. The van der Waals surface area contributed by atoms with E-state index < -0.39 is 0 Å². The smallest absolute Gasteiger partial charge is 0.138 e. The van der Waals surface area contributed by atoms with Crippen LogP contribution in [0.25, 0.3) is 21.9 Å². The number of benzene rings is 1. The van der Waals surface area contributed by atoms with Gasteiger partial charge in [-0.1, -0.05) is 0 Å². The van der Waals surface area contributed by atoms with Crippen LogP contribution in [0.5, 0.6) is 0 Å².